The van der Waals surface area contributed by atoms with Crippen molar-refractivity contribution in [1.82, 2.24) is 0 Å². The van der Waals surface area contributed by atoms with Gasteiger partial charge in [-0.3, -0.25) is 4.79 Å². The number of nitrogens with zero attached hydrogens (tertiary/aromatic N) is 1. The van der Waals surface area contributed by atoms with Gasteiger partial charge < -0.3 is 0 Å². The predicted molar refractivity (Wildman–Crippen MR) is 78.3 cm³/mol. The summed E-state index contributed by atoms with van der Waals surface area (Å²) in [6.07, 6.45) is 2.75. The molecule has 0 radical (unpaired) electrons. The number of benzene rings is 1. The lowest BCUT2D eigenvalue weighted by atomic mass is 9.90. The Morgan fingerprint density at radius 3 is 2.24 bits per heavy atom. The zero-order chi connectivity index (χ0) is 15.0. The number of ketones is 1. The summed E-state index contributed by atoms with van der Waals surface area (Å²) in [4.78, 5) is 12.4. The third-order valence-electron chi connectivity index (χ3n) is 4.75. The van der Waals surface area contributed by atoms with Crippen LogP contribution in [0.2, 0.25) is 0 Å². The summed E-state index contributed by atoms with van der Waals surface area (Å²) in [5, 5.41) is 8.16. The van der Waals surface area contributed by atoms with Crippen LogP contribution < -0.4 is 0 Å². The van der Waals surface area contributed by atoms with E-state index < -0.39 is 9.84 Å². The fourth-order valence-corrected chi connectivity index (χ4v) is 5.99. The van der Waals surface area contributed by atoms with Gasteiger partial charge in [-0.15, -0.1) is 0 Å². The van der Waals surface area contributed by atoms with Gasteiger partial charge in [-0.25, -0.2) is 8.42 Å². The highest BCUT2D eigenvalue weighted by Crippen LogP contribution is 2.41. The van der Waals surface area contributed by atoms with Crippen LogP contribution in [0.3, 0.4) is 0 Å². The molecule has 2 atom stereocenters. The summed E-state index contributed by atoms with van der Waals surface area (Å²) >= 11 is 0. The SMILES string of the molecule is N#Cc1ccc(CC(=O)C2CC3CCC(C2)S3(=O)=O)cc1. The minimum Gasteiger partial charge on any atom is -0.299 e. The molecule has 0 aromatic heterocycles. The second kappa shape index (κ2) is 5.27. The highest BCUT2D eigenvalue weighted by molar-refractivity contribution is 7.93. The van der Waals surface area contributed by atoms with Crippen molar-refractivity contribution in [1.29, 1.82) is 5.26 Å². The van der Waals surface area contributed by atoms with E-state index in [0.29, 0.717) is 37.7 Å². The predicted octanol–water partition coefficient (Wildman–Crippen LogP) is 2.03. The molecule has 2 aliphatic rings. The number of Topliss-reactive ketones (excluding diaryl/α,β-unsaturated/α-hetero) is 1. The normalized spacial score (nSPS) is 29.8. The monoisotopic (exact) mass is 303 g/mol. The molecule has 0 amide bonds. The second-order valence-corrected chi connectivity index (χ2v) is 8.54. The standard InChI is InChI=1S/C16H17NO3S/c17-10-12-3-1-11(2-4-12)7-16(18)13-8-14-5-6-15(9-13)21(14,19)20/h1-4,13-15H,5-9H2. The van der Waals surface area contributed by atoms with Crippen LogP contribution in [-0.2, 0) is 21.1 Å². The molecule has 2 heterocycles. The summed E-state index contributed by atoms with van der Waals surface area (Å²) < 4.78 is 24.1. The molecule has 1 aromatic rings. The number of fused-ring (bicyclic) bond motifs is 2. The lowest BCUT2D eigenvalue weighted by Gasteiger charge is -2.26. The van der Waals surface area contributed by atoms with Gasteiger partial charge in [-0.1, -0.05) is 12.1 Å². The van der Waals surface area contributed by atoms with Gasteiger partial charge in [0.2, 0.25) is 0 Å². The minimum absolute atomic E-state index is 0.123. The molecule has 0 aliphatic carbocycles. The van der Waals surface area contributed by atoms with E-state index in [9.17, 15) is 13.2 Å². The summed E-state index contributed by atoms with van der Waals surface area (Å²) in [6, 6.07) is 9.05. The van der Waals surface area contributed by atoms with Gasteiger partial charge in [0.15, 0.2) is 9.84 Å². The van der Waals surface area contributed by atoms with E-state index in [1.807, 2.05) is 6.07 Å². The van der Waals surface area contributed by atoms with Crippen molar-refractivity contribution in [2.45, 2.75) is 42.6 Å². The van der Waals surface area contributed by atoms with Gasteiger partial charge in [0, 0.05) is 12.3 Å². The van der Waals surface area contributed by atoms with E-state index in [1.165, 1.54) is 0 Å². The van der Waals surface area contributed by atoms with Crippen molar-refractivity contribution in [2.75, 3.05) is 0 Å². The Morgan fingerprint density at radius 2 is 1.71 bits per heavy atom. The number of hydrogen-bond donors (Lipinski definition) is 0. The van der Waals surface area contributed by atoms with E-state index in [0.717, 1.165) is 5.56 Å². The number of hydrogen-bond acceptors (Lipinski definition) is 4. The molecule has 0 N–H and O–H groups in total. The number of nitriles is 1. The van der Waals surface area contributed by atoms with Gasteiger partial charge in [0.05, 0.1) is 22.1 Å². The summed E-state index contributed by atoms with van der Waals surface area (Å²) in [7, 11) is -2.97. The zero-order valence-corrected chi connectivity index (χ0v) is 12.5. The van der Waals surface area contributed by atoms with Gasteiger partial charge in [0.1, 0.15) is 5.78 Å². The Balaban J connectivity index is 1.68. The summed E-state index contributed by atoms with van der Waals surface area (Å²) in [5.41, 5.74) is 1.47. The van der Waals surface area contributed by atoms with E-state index in [2.05, 4.69) is 0 Å². The molecule has 2 fully saturated rings. The summed E-state index contributed by atoms with van der Waals surface area (Å²) in [6.45, 7) is 0. The van der Waals surface area contributed by atoms with Crippen LogP contribution >= 0.6 is 0 Å². The Labute approximate surface area is 124 Å². The molecular formula is C16H17NO3S. The van der Waals surface area contributed by atoms with Crippen LogP contribution in [0, 0.1) is 17.2 Å². The minimum atomic E-state index is -2.97. The van der Waals surface area contributed by atoms with Crippen molar-refractivity contribution in [3.8, 4) is 6.07 Å². The van der Waals surface area contributed by atoms with Gasteiger partial charge in [0.25, 0.3) is 0 Å². The third kappa shape index (κ3) is 2.60. The van der Waals surface area contributed by atoms with Crippen LogP contribution in [-0.4, -0.2) is 24.7 Å². The molecular weight excluding hydrogens is 286 g/mol. The van der Waals surface area contributed by atoms with E-state index >= 15 is 0 Å². The zero-order valence-electron chi connectivity index (χ0n) is 11.7. The Bertz CT molecular complexity index is 680. The first-order valence-corrected chi connectivity index (χ1v) is 8.86. The van der Waals surface area contributed by atoms with Crippen molar-refractivity contribution >= 4 is 15.6 Å². The van der Waals surface area contributed by atoms with Crippen LogP contribution in [0.5, 0.6) is 0 Å². The van der Waals surface area contributed by atoms with E-state index in [4.69, 9.17) is 5.26 Å². The van der Waals surface area contributed by atoms with Crippen LogP contribution in [0.25, 0.3) is 0 Å². The van der Waals surface area contributed by atoms with Crippen molar-refractivity contribution in [3.63, 3.8) is 0 Å². The molecule has 2 bridgehead atoms. The van der Waals surface area contributed by atoms with Crippen LogP contribution in [0.15, 0.2) is 24.3 Å². The maximum atomic E-state index is 12.4. The van der Waals surface area contributed by atoms with E-state index in [1.54, 1.807) is 24.3 Å². The van der Waals surface area contributed by atoms with Crippen molar-refractivity contribution < 1.29 is 13.2 Å². The van der Waals surface area contributed by atoms with Gasteiger partial charge >= 0.3 is 0 Å². The largest absolute Gasteiger partial charge is 0.299 e. The molecule has 4 nitrogen and oxygen atoms in total. The molecule has 0 spiro atoms. The average Bonchev–Trinajstić information content (AvgIpc) is 2.68. The fourth-order valence-electron chi connectivity index (χ4n) is 3.51. The Kier molecular flexibility index (Phi) is 3.58. The smallest absolute Gasteiger partial charge is 0.156 e. The van der Waals surface area contributed by atoms with Gasteiger partial charge in [-0.2, -0.15) is 5.26 Å². The third-order valence-corrected chi connectivity index (χ3v) is 7.47. The van der Waals surface area contributed by atoms with Crippen molar-refractivity contribution in [3.05, 3.63) is 35.4 Å². The first-order valence-electron chi connectivity index (χ1n) is 7.25. The maximum absolute atomic E-state index is 12.4. The lowest BCUT2D eigenvalue weighted by Crippen LogP contribution is -2.36. The second-order valence-electron chi connectivity index (χ2n) is 6.03. The Morgan fingerprint density at radius 1 is 1.14 bits per heavy atom. The van der Waals surface area contributed by atoms with Gasteiger partial charge in [-0.05, 0) is 43.4 Å². The molecule has 3 rings (SSSR count). The highest BCUT2D eigenvalue weighted by Gasteiger charge is 2.48. The average molecular weight is 303 g/mol. The first kappa shape index (κ1) is 14.3. The maximum Gasteiger partial charge on any atom is 0.156 e. The molecule has 1 aromatic carbocycles. The number of sulfone groups is 1. The number of carbonyl (C=O) groups excluding carboxylic acids is 1. The molecule has 0 saturated carbocycles. The molecule has 2 aliphatic heterocycles. The van der Waals surface area contributed by atoms with Crippen molar-refractivity contribution in [2.24, 2.45) is 5.92 Å². The lowest BCUT2D eigenvalue weighted by molar-refractivity contribution is -0.122. The highest BCUT2D eigenvalue weighted by atomic mass is 32.2. The molecule has 5 heteroatoms. The fraction of sp³-hybridized carbons (Fsp3) is 0.500. The number of carbonyl (C=O) groups is 1. The Hall–Kier alpha value is -1.67. The molecule has 110 valence electrons. The van der Waals surface area contributed by atoms with Crippen LogP contribution in [0.4, 0.5) is 0 Å². The molecule has 2 unspecified atom stereocenters. The quantitative estimate of drug-likeness (QED) is 0.856. The topological polar surface area (TPSA) is 75.0 Å². The molecule has 2 saturated heterocycles. The summed E-state index contributed by atoms with van der Waals surface area (Å²) in [5.74, 6) is 0.00757. The first-order chi connectivity index (χ1) is 10.0. The van der Waals surface area contributed by atoms with E-state index in [-0.39, 0.29) is 22.2 Å². The molecule has 21 heavy (non-hydrogen) atoms. The number of rotatable bonds is 3. The van der Waals surface area contributed by atoms with Crippen LogP contribution in [0.1, 0.15) is 36.8 Å².